The molecular weight excluding hydrogens is 455 g/mol. The molecule has 0 bridgehead atoms. The molecule has 0 radical (unpaired) electrons. The van der Waals surface area contributed by atoms with E-state index >= 15 is 0 Å². The molecule has 1 amide bonds. The molecule has 3 rings (SSSR count). The van der Waals surface area contributed by atoms with Crippen LogP contribution in [0.25, 0.3) is 0 Å². The predicted molar refractivity (Wildman–Crippen MR) is 118 cm³/mol. The summed E-state index contributed by atoms with van der Waals surface area (Å²) in [7, 11) is 3.46. The van der Waals surface area contributed by atoms with Gasteiger partial charge < -0.3 is 20.2 Å². The van der Waals surface area contributed by atoms with E-state index in [2.05, 4.69) is 10.3 Å². The van der Waals surface area contributed by atoms with Crippen LogP contribution in [-0.2, 0) is 19.8 Å². The number of imidazole rings is 1. The highest BCUT2D eigenvalue weighted by Gasteiger charge is 2.30. The van der Waals surface area contributed by atoms with Crippen LogP contribution in [-0.4, -0.2) is 45.5 Å². The molecule has 0 saturated heterocycles. The number of anilines is 1. The number of nitrogens with one attached hydrogen (secondary N) is 1. The number of rotatable bonds is 9. The molecule has 34 heavy (non-hydrogen) atoms. The zero-order valence-corrected chi connectivity index (χ0v) is 18.4. The molecule has 2 aromatic carbocycles. The minimum Gasteiger partial charge on any atom is -0.444 e. The zero-order valence-electron chi connectivity index (χ0n) is 18.4. The van der Waals surface area contributed by atoms with Crippen LogP contribution >= 0.6 is 0 Å². The molecule has 0 atom stereocenters. The van der Waals surface area contributed by atoms with Crippen molar-refractivity contribution in [2.45, 2.75) is 12.7 Å². The van der Waals surface area contributed by atoms with Gasteiger partial charge in [-0.15, -0.1) is 0 Å². The third kappa shape index (κ3) is 6.54. The predicted octanol–water partition coefficient (Wildman–Crippen LogP) is 4.11. The number of alkyl halides is 3. The van der Waals surface area contributed by atoms with Crippen LogP contribution in [0.2, 0.25) is 0 Å². The summed E-state index contributed by atoms with van der Waals surface area (Å²) >= 11 is 0. The first-order chi connectivity index (χ1) is 16.0. The van der Waals surface area contributed by atoms with Gasteiger partial charge in [0.15, 0.2) is 0 Å². The van der Waals surface area contributed by atoms with Gasteiger partial charge >= 0.3 is 18.0 Å². The first kappa shape index (κ1) is 24.7. The minimum atomic E-state index is -4.49. The molecule has 0 aliphatic rings. The molecule has 0 spiro atoms. The van der Waals surface area contributed by atoms with Crippen LogP contribution < -0.4 is 10.1 Å². The number of aryl methyl sites for hydroxylation is 1. The van der Waals surface area contributed by atoms with E-state index in [1.54, 1.807) is 31.3 Å². The summed E-state index contributed by atoms with van der Waals surface area (Å²) < 4.78 is 45.4. The van der Waals surface area contributed by atoms with E-state index in [1.165, 1.54) is 22.9 Å². The van der Waals surface area contributed by atoms with Gasteiger partial charge in [0.05, 0.1) is 5.56 Å². The second kappa shape index (κ2) is 10.3. The SMILES string of the molecule is CN(CCOc1nc([N+](=O)[O-])cn1C)Cc1ccc(C(=O)Nc2cccc(C(F)(F)F)c2)cc1. The van der Waals surface area contributed by atoms with E-state index in [-0.39, 0.29) is 24.1 Å². The molecule has 1 heterocycles. The van der Waals surface area contributed by atoms with Crippen LogP contribution in [0, 0.1) is 10.1 Å². The van der Waals surface area contributed by atoms with E-state index in [0.717, 1.165) is 17.7 Å². The Bertz CT molecular complexity index is 1160. The molecule has 3 aromatic rings. The highest BCUT2D eigenvalue weighted by atomic mass is 19.4. The highest BCUT2D eigenvalue weighted by Crippen LogP contribution is 2.30. The second-order valence-corrected chi connectivity index (χ2v) is 7.57. The van der Waals surface area contributed by atoms with Gasteiger partial charge in [0.25, 0.3) is 5.91 Å². The van der Waals surface area contributed by atoms with Gasteiger partial charge in [-0.05, 0) is 47.9 Å². The Labute approximate surface area is 192 Å². The Balaban J connectivity index is 1.50. The van der Waals surface area contributed by atoms with E-state index in [1.807, 2.05) is 11.9 Å². The van der Waals surface area contributed by atoms with Crippen LogP contribution in [0.5, 0.6) is 6.01 Å². The summed E-state index contributed by atoms with van der Waals surface area (Å²) in [5.74, 6) is -0.806. The van der Waals surface area contributed by atoms with E-state index < -0.39 is 22.6 Å². The Morgan fingerprint density at radius 3 is 2.56 bits per heavy atom. The van der Waals surface area contributed by atoms with Gasteiger partial charge in [-0.3, -0.25) is 14.3 Å². The summed E-state index contributed by atoms with van der Waals surface area (Å²) in [6, 6.07) is 11.3. The summed E-state index contributed by atoms with van der Waals surface area (Å²) in [4.78, 5) is 28.3. The van der Waals surface area contributed by atoms with E-state index in [9.17, 15) is 28.1 Å². The number of amides is 1. The molecule has 12 heteroatoms. The fourth-order valence-electron chi connectivity index (χ4n) is 3.08. The van der Waals surface area contributed by atoms with Gasteiger partial charge in [-0.2, -0.15) is 13.2 Å². The van der Waals surface area contributed by atoms with Crippen molar-refractivity contribution in [3.63, 3.8) is 0 Å². The number of likely N-dealkylation sites (N-methyl/N-ethyl adjacent to an activating group) is 1. The van der Waals surface area contributed by atoms with E-state index in [0.29, 0.717) is 18.7 Å². The van der Waals surface area contributed by atoms with Crippen molar-refractivity contribution < 1.29 is 27.6 Å². The zero-order chi connectivity index (χ0) is 24.9. The number of hydrogen-bond acceptors (Lipinski definition) is 6. The number of hydrogen-bond donors (Lipinski definition) is 1. The van der Waals surface area contributed by atoms with Gasteiger partial charge in [0, 0.05) is 36.4 Å². The Morgan fingerprint density at radius 2 is 1.94 bits per heavy atom. The first-order valence-corrected chi connectivity index (χ1v) is 10.1. The fraction of sp³-hybridized carbons (Fsp3) is 0.273. The number of aromatic nitrogens is 2. The van der Waals surface area contributed by atoms with Crippen molar-refractivity contribution in [3.8, 4) is 6.01 Å². The van der Waals surface area contributed by atoms with Crippen molar-refractivity contribution in [3.05, 3.63) is 81.5 Å². The molecule has 180 valence electrons. The Morgan fingerprint density at radius 1 is 1.24 bits per heavy atom. The Kier molecular flexibility index (Phi) is 7.51. The van der Waals surface area contributed by atoms with E-state index in [4.69, 9.17) is 4.74 Å². The van der Waals surface area contributed by atoms with Crippen molar-refractivity contribution in [1.82, 2.24) is 14.5 Å². The lowest BCUT2D eigenvalue weighted by atomic mass is 10.1. The molecule has 0 aliphatic carbocycles. The first-order valence-electron chi connectivity index (χ1n) is 10.1. The third-order valence-corrected chi connectivity index (χ3v) is 4.83. The molecule has 0 unspecified atom stereocenters. The van der Waals surface area contributed by atoms with Crippen molar-refractivity contribution in [2.24, 2.45) is 7.05 Å². The number of halogens is 3. The van der Waals surface area contributed by atoms with Crippen molar-refractivity contribution in [2.75, 3.05) is 25.5 Å². The van der Waals surface area contributed by atoms with Crippen LogP contribution in [0.15, 0.2) is 54.7 Å². The highest BCUT2D eigenvalue weighted by molar-refractivity contribution is 6.04. The smallest absolute Gasteiger partial charge is 0.416 e. The number of carbonyl (C=O) groups is 1. The van der Waals surface area contributed by atoms with Gasteiger partial charge in [0.2, 0.25) is 0 Å². The number of carbonyl (C=O) groups excluding carboxylic acids is 1. The van der Waals surface area contributed by atoms with Crippen LogP contribution in [0.1, 0.15) is 21.5 Å². The average molecular weight is 477 g/mol. The average Bonchev–Trinajstić information content (AvgIpc) is 3.15. The van der Waals surface area contributed by atoms with Crippen LogP contribution in [0.3, 0.4) is 0 Å². The van der Waals surface area contributed by atoms with Crippen LogP contribution in [0.4, 0.5) is 24.7 Å². The minimum absolute atomic E-state index is 0.0571. The lowest BCUT2D eigenvalue weighted by Gasteiger charge is -2.16. The molecular formula is C22H22F3N5O4. The molecule has 0 fully saturated rings. The van der Waals surface area contributed by atoms with Gasteiger partial charge in [-0.25, -0.2) is 0 Å². The van der Waals surface area contributed by atoms with Crippen molar-refractivity contribution in [1.29, 1.82) is 0 Å². The largest absolute Gasteiger partial charge is 0.444 e. The van der Waals surface area contributed by atoms with Gasteiger partial charge in [0.1, 0.15) is 12.8 Å². The molecule has 9 nitrogen and oxygen atoms in total. The number of ether oxygens (including phenoxy) is 1. The standard InChI is InChI=1S/C22H22F3N5O4/c1-28(10-11-34-21-27-19(30(32)33)14-29(21)2)13-15-6-8-16(9-7-15)20(31)26-18-5-3-4-17(12-18)22(23,24)25/h3-9,12,14H,10-11,13H2,1-2H3,(H,26,31). The lowest BCUT2D eigenvalue weighted by Crippen LogP contribution is -2.24. The summed E-state index contributed by atoms with van der Waals surface area (Å²) in [6.45, 7) is 1.31. The second-order valence-electron chi connectivity index (χ2n) is 7.57. The fourth-order valence-corrected chi connectivity index (χ4v) is 3.08. The molecule has 1 N–H and O–H groups in total. The number of benzene rings is 2. The lowest BCUT2D eigenvalue weighted by molar-refractivity contribution is -0.389. The maximum absolute atomic E-state index is 12.8. The maximum atomic E-state index is 12.8. The molecule has 0 aliphatic heterocycles. The molecule has 1 aromatic heterocycles. The third-order valence-electron chi connectivity index (χ3n) is 4.83. The number of nitro groups is 1. The quantitative estimate of drug-likeness (QED) is 0.368. The molecule has 0 saturated carbocycles. The summed E-state index contributed by atoms with van der Waals surface area (Å²) in [6.07, 6.45) is -3.22. The number of nitrogens with zero attached hydrogens (tertiary/aromatic N) is 4. The topological polar surface area (TPSA) is 103 Å². The van der Waals surface area contributed by atoms with Crippen molar-refractivity contribution >= 4 is 17.4 Å². The van der Waals surface area contributed by atoms with Gasteiger partial charge in [-0.1, -0.05) is 18.2 Å². The summed E-state index contributed by atoms with van der Waals surface area (Å²) in [5.41, 5.74) is 0.435. The monoisotopic (exact) mass is 477 g/mol. The normalized spacial score (nSPS) is 11.5. The Hall–Kier alpha value is -3.93. The maximum Gasteiger partial charge on any atom is 0.416 e. The summed E-state index contributed by atoms with van der Waals surface area (Å²) in [5, 5.41) is 13.2.